The highest BCUT2D eigenvalue weighted by Gasteiger charge is 2.41. The van der Waals surface area contributed by atoms with Crippen LogP contribution in [0.5, 0.6) is 0 Å². The molecule has 4 rings (SSSR count). The fourth-order valence-electron chi connectivity index (χ4n) is 4.05. The first-order chi connectivity index (χ1) is 13.4. The summed E-state index contributed by atoms with van der Waals surface area (Å²) in [6.45, 7) is 1.89. The van der Waals surface area contributed by atoms with Crippen LogP contribution in [0.1, 0.15) is 44.1 Å². The van der Waals surface area contributed by atoms with Crippen LogP contribution in [-0.2, 0) is 26.2 Å². The van der Waals surface area contributed by atoms with E-state index in [0.717, 1.165) is 37.7 Å². The van der Waals surface area contributed by atoms with Gasteiger partial charge in [-0.25, -0.2) is 8.42 Å². The zero-order chi connectivity index (χ0) is 19.7. The summed E-state index contributed by atoms with van der Waals surface area (Å²) in [5.41, 5.74) is 0.745. The normalized spacial score (nSPS) is 23.8. The van der Waals surface area contributed by atoms with E-state index in [4.69, 9.17) is 0 Å². The molecular formula is C20H27N3O4S. The van der Waals surface area contributed by atoms with Gasteiger partial charge in [-0.1, -0.05) is 18.6 Å². The number of carbonyl (C=O) groups excluding carboxylic acids is 2. The van der Waals surface area contributed by atoms with Crippen molar-refractivity contribution < 1.29 is 18.0 Å². The second kappa shape index (κ2) is 7.83. The maximum Gasteiger partial charge on any atom is 0.243 e. The van der Waals surface area contributed by atoms with Gasteiger partial charge in [-0.05, 0) is 43.4 Å². The maximum atomic E-state index is 12.8. The highest BCUT2D eigenvalue weighted by atomic mass is 32.2. The number of benzene rings is 1. The summed E-state index contributed by atoms with van der Waals surface area (Å²) in [5.74, 6) is -0.383. The topological polar surface area (TPSA) is 86.8 Å². The van der Waals surface area contributed by atoms with E-state index < -0.39 is 10.0 Å². The monoisotopic (exact) mass is 405 g/mol. The predicted octanol–water partition coefficient (Wildman–Crippen LogP) is 1.49. The van der Waals surface area contributed by atoms with Gasteiger partial charge in [-0.3, -0.25) is 9.59 Å². The zero-order valence-corrected chi connectivity index (χ0v) is 16.8. The lowest BCUT2D eigenvalue weighted by molar-refractivity contribution is -0.129. The molecular weight excluding hydrogens is 378 g/mol. The molecule has 1 aliphatic carbocycles. The largest absolute Gasteiger partial charge is 0.352 e. The minimum absolute atomic E-state index is 0.0669. The van der Waals surface area contributed by atoms with Crippen molar-refractivity contribution >= 4 is 21.8 Å². The molecule has 0 radical (unpaired) electrons. The lowest BCUT2D eigenvalue weighted by Gasteiger charge is -2.26. The molecule has 28 heavy (non-hydrogen) atoms. The average Bonchev–Trinajstić information content (AvgIpc) is 3.48. The van der Waals surface area contributed by atoms with Crippen molar-refractivity contribution in [3.05, 3.63) is 29.8 Å². The Hall–Kier alpha value is -1.93. The van der Waals surface area contributed by atoms with E-state index in [2.05, 4.69) is 5.32 Å². The first kappa shape index (κ1) is 19.4. The van der Waals surface area contributed by atoms with Gasteiger partial charge in [0, 0.05) is 38.6 Å². The molecule has 2 aliphatic heterocycles. The van der Waals surface area contributed by atoms with Crippen molar-refractivity contribution in [3.8, 4) is 0 Å². The molecule has 8 heteroatoms. The SMILES string of the molecule is O=C(NCc1cccc(S(=O)(=O)N2CCCCC2)c1)C1CC(=O)N(C2CC2)C1. The zero-order valence-electron chi connectivity index (χ0n) is 16.0. The summed E-state index contributed by atoms with van der Waals surface area (Å²) >= 11 is 0. The number of carbonyl (C=O) groups is 2. The summed E-state index contributed by atoms with van der Waals surface area (Å²) in [7, 11) is -3.49. The second-order valence-corrected chi connectivity index (χ2v) is 9.95. The van der Waals surface area contributed by atoms with Gasteiger partial charge in [0.1, 0.15) is 0 Å². The van der Waals surface area contributed by atoms with Gasteiger partial charge in [0.05, 0.1) is 10.8 Å². The molecule has 7 nitrogen and oxygen atoms in total. The number of nitrogens with one attached hydrogen (secondary N) is 1. The Morgan fingerprint density at radius 2 is 1.89 bits per heavy atom. The van der Waals surface area contributed by atoms with Crippen LogP contribution in [0.15, 0.2) is 29.2 Å². The van der Waals surface area contributed by atoms with Gasteiger partial charge in [0.2, 0.25) is 21.8 Å². The highest BCUT2D eigenvalue weighted by Crippen LogP contribution is 2.32. The lowest BCUT2D eigenvalue weighted by Crippen LogP contribution is -2.35. The molecule has 1 atom stereocenters. The van der Waals surface area contributed by atoms with Crippen LogP contribution in [0, 0.1) is 5.92 Å². The number of hydrogen-bond acceptors (Lipinski definition) is 4. The fourth-order valence-corrected chi connectivity index (χ4v) is 5.64. The molecule has 1 aromatic carbocycles. The standard InChI is InChI=1S/C20H27N3O4S/c24-19-12-16(14-23(19)17-7-8-17)20(25)21-13-15-5-4-6-18(11-15)28(26,27)22-9-2-1-3-10-22/h4-6,11,16-17H,1-3,7-10,12-14H2,(H,21,25). The van der Waals surface area contributed by atoms with Crippen LogP contribution in [-0.4, -0.2) is 55.1 Å². The Labute approximate surface area is 166 Å². The highest BCUT2D eigenvalue weighted by molar-refractivity contribution is 7.89. The van der Waals surface area contributed by atoms with Crippen LogP contribution in [0.3, 0.4) is 0 Å². The van der Waals surface area contributed by atoms with E-state index in [1.165, 1.54) is 0 Å². The maximum absolute atomic E-state index is 12.8. The van der Waals surface area contributed by atoms with Crippen LogP contribution < -0.4 is 5.32 Å². The number of hydrogen-bond donors (Lipinski definition) is 1. The number of likely N-dealkylation sites (tertiary alicyclic amines) is 1. The molecule has 3 aliphatic rings. The summed E-state index contributed by atoms with van der Waals surface area (Å²) in [5, 5.41) is 2.87. The van der Waals surface area contributed by atoms with Gasteiger partial charge in [-0.15, -0.1) is 0 Å². The number of nitrogens with zero attached hydrogens (tertiary/aromatic N) is 2. The number of sulfonamides is 1. The van der Waals surface area contributed by atoms with E-state index in [1.54, 1.807) is 22.5 Å². The summed E-state index contributed by atoms with van der Waals surface area (Å²) < 4.78 is 27.2. The van der Waals surface area contributed by atoms with Crippen LogP contribution >= 0.6 is 0 Å². The third kappa shape index (κ3) is 4.07. The minimum atomic E-state index is -3.49. The summed E-state index contributed by atoms with van der Waals surface area (Å²) in [6, 6.07) is 7.11. The van der Waals surface area contributed by atoms with Gasteiger partial charge < -0.3 is 10.2 Å². The summed E-state index contributed by atoms with van der Waals surface area (Å²) in [6.07, 6.45) is 5.21. The molecule has 0 aromatic heterocycles. The quantitative estimate of drug-likeness (QED) is 0.777. The van der Waals surface area contributed by atoms with Crippen LogP contribution in [0.25, 0.3) is 0 Å². The van der Waals surface area contributed by atoms with E-state index >= 15 is 0 Å². The fraction of sp³-hybridized carbons (Fsp3) is 0.600. The predicted molar refractivity (Wildman–Crippen MR) is 104 cm³/mol. The molecule has 2 saturated heterocycles. The van der Waals surface area contributed by atoms with Crippen LogP contribution in [0.2, 0.25) is 0 Å². The Kier molecular flexibility index (Phi) is 5.42. The first-order valence-corrected chi connectivity index (χ1v) is 11.6. The molecule has 1 aromatic rings. The lowest BCUT2D eigenvalue weighted by atomic mass is 10.1. The van der Waals surface area contributed by atoms with Crippen molar-refractivity contribution in [1.29, 1.82) is 0 Å². The molecule has 0 bridgehead atoms. The molecule has 3 fully saturated rings. The number of rotatable bonds is 6. The molecule has 152 valence electrons. The van der Waals surface area contributed by atoms with E-state index in [9.17, 15) is 18.0 Å². The van der Waals surface area contributed by atoms with E-state index in [1.807, 2.05) is 11.0 Å². The second-order valence-electron chi connectivity index (χ2n) is 8.01. The molecule has 0 spiro atoms. The first-order valence-electron chi connectivity index (χ1n) is 10.1. The van der Waals surface area contributed by atoms with E-state index in [0.29, 0.717) is 25.7 Å². The van der Waals surface area contributed by atoms with Gasteiger partial charge >= 0.3 is 0 Å². The molecule has 1 N–H and O–H groups in total. The van der Waals surface area contributed by atoms with Gasteiger partial charge in [-0.2, -0.15) is 4.31 Å². The number of amides is 2. The van der Waals surface area contributed by atoms with Crippen molar-refractivity contribution in [3.63, 3.8) is 0 Å². The summed E-state index contributed by atoms with van der Waals surface area (Å²) in [4.78, 5) is 26.6. The smallest absolute Gasteiger partial charge is 0.243 e. The van der Waals surface area contributed by atoms with Crippen molar-refractivity contribution in [2.75, 3.05) is 19.6 Å². The van der Waals surface area contributed by atoms with Crippen molar-refractivity contribution in [2.24, 2.45) is 5.92 Å². The Balaban J connectivity index is 1.37. The molecule has 1 unspecified atom stereocenters. The molecule has 2 amide bonds. The Bertz CT molecular complexity index is 860. The average molecular weight is 406 g/mol. The van der Waals surface area contributed by atoms with E-state index in [-0.39, 0.29) is 35.6 Å². The third-order valence-corrected chi connectivity index (χ3v) is 7.73. The van der Waals surface area contributed by atoms with Crippen LogP contribution in [0.4, 0.5) is 0 Å². The number of piperidine rings is 1. The Morgan fingerprint density at radius 1 is 1.14 bits per heavy atom. The molecule has 1 saturated carbocycles. The van der Waals surface area contributed by atoms with Gasteiger partial charge in [0.25, 0.3) is 0 Å². The van der Waals surface area contributed by atoms with Crippen molar-refractivity contribution in [2.45, 2.75) is 56.0 Å². The minimum Gasteiger partial charge on any atom is -0.352 e. The van der Waals surface area contributed by atoms with Gasteiger partial charge in [0.15, 0.2) is 0 Å². The van der Waals surface area contributed by atoms with Crippen molar-refractivity contribution in [1.82, 2.24) is 14.5 Å². The third-order valence-electron chi connectivity index (χ3n) is 5.83. The Morgan fingerprint density at radius 3 is 2.61 bits per heavy atom. The molecule has 2 heterocycles.